The molecular formula is C27H28N4O5. The number of pyridine rings is 1. The van der Waals surface area contributed by atoms with Gasteiger partial charge in [0.1, 0.15) is 11.5 Å². The van der Waals surface area contributed by atoms with Crippen molar-refractivity contribution in [2.75, 3.05) is 32.1 Å². The fourth-order valence-corrected chi connectivity index (χ4v) is 3.92. The van der Waals surface area contributed by atoms with Crippen LogP contribution in [0, 0.1) is 0 Å². The second-order valence-corrected chi connectivity index (χ2v) is 8.37. The van der Waals surface area contributed by atoms with E-state index >= 15 is 0 Å². The maximum Gasteiger partial charge on any atom is 0.262 e. The summed E-state index contributed by atoms with van der Waals surface area (Å²) in [6.07, 6.45) is 4.58. The number of rotatable bonds is 8. The van der Waals surface area contributed by atoms with Crippen LogP contribution in [0.1, 0.15) is 33.6 Å². The number of ether oxygens (including phenoxy) is 2. The second kappa shape index (κ2) is 11.8. The molecule has 186 valence electrons. The number of benzene rings is 2. The minimum atomic E-state index is -0.307. The van der Waals surface area contributed by atoms with Gasteiger partial charge >= 0.3 is 0 Å². The highest BCUT2D eigenvalue weighted by Crippen LogP contribution is 2.18. The lowest BCUT2D eigenvalue weighted by Gasteiger charge is -2.32. The number of likely N-dealkylation sites (tertiary alicyclic amines) is 1. The Balaban J connectivity index is 1.21. The summed E-state index contributed by atoms with van der Waals surface area (Å²) in [6, 6.07) is 17.1. The van der Waals surface area contributed by atoms with E-state index in [2.05, 4.69) is 15.6 Å². The van der Waals surface area contributed by atoms with E-state index < -0.39 is 0 Å². The molecule has 0 atom stereocenters. The van der Waals surface area contributed by atoms with Crippen molar-refractivity contribution >= 4 is 23.4 Å². The number of nitrogens with one attached hydrogen (secondary N) is 2. The van der Waals surface area contributed by atoms with Crippen LogP contribution in [0.4, 0.5) is 5.69 Å². The summed E-state index contributed by atoms with van der Waals surface area (Å²) in [7, 11) is 1.56. The average molecular weight is 489 g/mol. The van der Waals surface area contributed by atoms with Crippen molar-refractivity contribution in [1.29, 1.82) is 0 Å². The number of anilines is 1. The predicted octanol–water partition coefficient (Wildman–Crippen LogP) is 3.14. The molecule has 2 aromatic carbocycles. The highest BCUT2D eigenvalue weighted by Gasteiger charge is 2.25. The molecule has 1 fully saturated rings. The molecule has 0 unspecified atom stereocenters. The first-order valence-corrected chi connectivity index (χ1v) is 11.7. The molecule has 0 saturated carbocycles. The number of piperidine rings is 1. The van der Waals surface area contributed by atoms with E-state index in [1.54, 1.807) is 85.1 Å². The van der Waals surface area contributed by atoms with Crippen LogP contribution in [-0.2, 0) is 4.79 Å². The normalized spacial score (nSPS) is 13.5. The highest BCUT2D eigenvalue weighted by molar-refractivity contribution is 5.95. The standard InChI is InChI=1S/C27H28N4O5/c1-35-24-4-2-3-22(17-24)29-25(32)18-36-23-7-5-19(6-8-23)26(33)30-21-11-15-31(16-12-21)27(34)20-9-13-28-14-10-20/h2-10,13-14,17,21H,11-12,15-16,18H2,1H3,(H,29,32)(H,30,33). The number of nitrogens with zero attached hydrogens (tertiary/aromatic N) is 2. The topological polar surface area (TPSA) is 110 Å². The molecule has 9 nitrogen and oxygen atoms in total. The summed E-state index contributed by atoms with van der Waals surface area (Å²) >= 11 is 0. The maximum absolute atomic E-state index is 12.7. The summed E-state index contributed by atoms with van der Waals surface area (Å²) in [4.78, 5) is 43.1. The molecule has 0 aliphatic carbocycles. The summed E-state index contributed by atoms with van der Waals surface area (Å²) in [5, 5.41) is 5.78. The Kier molecular flexibility index (Phi) is 8.12. The van der Waals surface area contributed by atoms with Gasteiger partial charge in [0.25, 0.3) is 17.7 Å². The number of hydrogen-bond acceptors (Lipinski definition) is 6. The molecular weight excluding hydrogens is 460 g/mol. The number of carbonyl (C=O) groups excluding carboxylic acids is 3. The van der Waals surface area contributed by atoms with E-state index in [1.165, 1.54) is 0 Å². The smallest absolute Gasteiger partial charge is 0.262 e. The molecule has 3 amide bonds. The van der Waals surface area contributed by atoms with Crippen molar-refractivity contribution < 1.29 is 23.9 Å². The lowest BCUT2D eigenvalue weighted by atomic mass is 10.0. The minimum absolute atomic E-state index is 0.00442. The van der Waals surface area contributed by atoms with Gasteiger partial charge in [-0.15, -0.1) is 0 Å². The largest absolute Gasteiger partial charge is 0.497 e. The molecule has 0 bridgehead atoms. The first kappa shape index (κ1) is 24.7. The third-order valence-corrected chi connectivity index (χ3v) is 5.88. The van der Waals surface area contributed by atoms with E-state index in [0.717, 1.165) is 0 Å². The summed E-state index contributed by atoms with van der Waals surface area (Å²) in [6.45, 7) is 0.993. The molecule has 2 heterocycles. The fourth-order valence-electron chi connectivity index (χ4n) is 3.92. The number of amides is 3. The summed E-state index contributed by atoms with van der Waals surface area (Å²) < 4.78 is 10.7. The van der Waals surface area contributed by atoms with Gasteiger partial charge in [0, 0.05) is 54.4 Å². The molecule has 1 aliphatic heterocycles. The van der Waals surface area contributed by atoms with Crippen molar-refractivity contribution in [1.82, 2.24) is 15.2 Å². The maximum atomic E-state index is 12.7. The Morgan fingerprint density at radius 2 is 1.67 bits per heavy atom. The molecule has 4 rings (SSSR count). The molecule has 0 spiro atoms. The molecule has 0 radical (unpaired) electrons. The van der Waals surface area contributed by atoms with E-state index in [-0.39, 0.29) is 30.4 Å². The Labute approximate surface area is 209 Å². The summed E-state index contributed by atoms with van der Waals surface area (Å²) in [5.41, 5.74) is 1.73. The van der Waals surface area contributed by atoms with Gasteiger partial charge in [0.15, 0.2) is 6.61 Å². The van der Waals surface area contributed by atoms with Gasteiger partial charge in [-0.05, 0) is 61.4 Å². The zero-order chi connectivity index (χ0) is 25.3. The van der Waals surface area contributed by atoms with Gasteiger partial charge < -0.3 is 25.0 Å². The van der Waals surface area contributed by atoms with Gasteiger partial charge in [0.05, 0.1) is 7.11 Å². The molecule has 1 aromatic heterocycles. The number of carbonyl (C=O) groups is 3. The van der Waals surface area contributed by atoms with Crippen molar-refractivity contribution in [3.63, 3.8) is 0 Å². The van der Waals surface area contributed by atoms with Crippen molar-refractivity contribution in [3.8, 4) is 11.5 Å². The lowest BCUT2D eigenvalue weighted by Crippen LogP contribution is -2.46. The van der Waals surface area contributed by atoms with E-state index in [1.807, 2.05) is 0 Å². The van der Waals surface area contributed by atoms with Crippen LogP contribution in [0.3, 0.4) is 0 Å². The summed E-state index contributed by atoms with van der Waals surface area (Å²) in [5.74, 6) is 0.617. The number of methoxy groups -OCH3 is 1. The van der Waals surface area contributed by atoms with Crippen LogP contribution in [0.5, 0.6) is 11.5 Å². The van der Waals surface area contributed by atoms with Crippen LogP contribution in [0.2, 0.25) is 0 Å². The van der Waals surface area contributed by atoms with Crippen LogP contribution in [0.25, 0.3) is 0 Å². The van der Waals surface area contributed by atoms with Gasteiger partial charge in [-0.1, -0.05) is 6.07 Å². The van der Waals surface area contributed by atoms with Crippen molar-refractivity contribution in [3.05, 3.63) is 84.2 Å². The van der Waals surface area contributed by atoms with Gasteiger partial charge in [-0.25, -0.2) is 0 Å². The van der Waals surface area contributed by atoms with Crippen LogP contribution in [-0.4, -0.2) is 60.5 Å². The van der Waals surface area contributed by atoms with E-state index in [9.17, 15) is 14.4 Å². The minimum Gasteiger partial charge on any atom is -0.497 e. The predicted molar refractivity (Wildman–Crippen MR) is 134 cm³/mol. The van der Waals surface area contributed by atoms with Crippen LogP contribution >= 0.6 is 0 Å². The Hall–Kier alpha value is -4.40. The molecule has 1 aliphatic rings. The fraction of sp³-hybridized carbons (Fsp3) is 0.259. The van der Waals surface area contributed by atoms with Crippen molar-refractivity contribution in [2.24, 2.45) is 0 Å². The second-order valence-electron chi connectivity index (χ2n) is 8.37. The third kappa shape index (κ3) is 6.59. The van der Waals surface area contributed by atoms with E-state index in [0.29, 0.717) is 54.2 Å². The Morgan fingerprint density at radius 3 is 2.36 bits per heavy atom. The molecule has 3 aromatic rings. The highest BCUT2D eigenvalue weighted by atomic mass is 16.5. The van der Waals surface area contributed by atoms with Crippen LogP contribution in [0.15, 0.2) is 73.1 Å². The first-order valence-electron chi connectivity index (χ1n) is 11.7. The molecule has 9 heteroatoms. The average Bonchev–Trinajstić information content (AvgIpc) is 2.93. The van der Waals surface area contributed by atoms with E-state index in [4.69, 9.17) is 9.47 Å². The molecule has 36 heavy (non-hydrogen) atoms. The van der Waals surface area contributed by atoms with Crippen molar-refractivity contribution in [2.45, 2.75) is 18.9 Å². The monoisotopic (exact) mass is 488 g/mol. The molecule has 2 N–H and O–H groups in total. The Morgan fingerprint density at radius 1 is 0.944 bits per heavy atom. The third-order valence-electron chi connectivity index (χ3n) is 5.88. The molecule has 1 saturated heterocycles. The SMILES string of the molecule is COc1cccc(NC(=O)COc2ccc(C(=O)NC3CCN(C(=O)c4ccncc4)CC3)cc2)c1. The Bertz CT molecular complexity index is 1190. The number of aromatic nitrogens is 1. The van der Waals surface area contributed by atoms with Crippen LogP contribution < -0.4 is 20.1 Å². The zero-order valence-electron chi connectivity index (χ0n) is 20.0. The lowest BCUT2D eigenvalue weighted by molar-refractivity contribution is -0.118. The van der Waals surface area contributed by atoms with Gasteiger partial charge in [-0.2, -0.15) is 0 Å². The zero-order valence-corrected chi connectivity index (χ0v) is 20.0. The van der Waals surface area contributed by atoms with Gasteiger partial charge in [0.2, 0.25) is 0 Å². The first-order chi connectivity index (χ1) is 17.5. The van der Waals surface area contributed by atoms with Gasteiger partial charge in [-0.3, -0.25) is 19.4 Å². The quantitative estimate of drug-likeness (QED) is 0.504. The number of hydrogen-bond donors (Lipinski definition) is 2.